The molecule has 0 aliphatic carbocycles. The van der Waals surface area contributed by atoms with Gasteiger partial charge < -0.3 is 15.0 Å². The zero-order valence-corrected chi connectivity index (χ0v) is 17.1. The van der Waals surface area contributed by atoms with Crippen molar-refractivity contribution in [1.29, 1.82) is 0 Å². The Labute approximate surface area is 174 Å². The lowest BCUT2D eigenvalue weighted by atomic mass is 10.0. The van der Waals surface area contributed by atoms with E-state index in [4.69, 9.17) is 27.9 Å². The molecule has 148 valence electrons. The zero-order chi connectivity index (χ0) is 20.1. The standard InChI is InChI=1S/C21H22Cl2N2O3/c1-28-19-7-6-16(23)13-18(19)21(27)24-17-8-10-25(11-9-17)20(26)12-14-2-4-15(22)5-3-14/h2-7,13,17H,8-12H2,1H3,(H,24,27). The average molecular weight is 421 g/mol. The van der Waals surface area contributed by atoms with Crippen LogP contribution in [0.2, 0.25) is 10.0 Å². The van der Waals surface area contributed by atoms with Gasteiger partial charge in [0.05, 0.1) is 19.1 Å². The fourth-order valence-electron chi connectivity index (χ4n) is 3.28. The van der Waals surface area contributed by atoms with Gasteiger partial charge in [0.1, 0.15) is 5.75 Å². The highest BCUT2D eigenvalue weighted by Gasteiger charge is 2.25. The van der Waals surface area contributed by atoms with E-state index < -0.39 is 0 Å². The van der Waals surface area contributed by atoms with Crippen molar-refractivity contribution in [3.63, 3.8) is 0 Å². The molecule has 3 rings (SSSR count). The molecule has 0 saturated carbocycles. The minimum Gasteiger partial charge on any atom is -0.496 e. The molecule has 0 unspecified atom stereocenters. The van der Waals surface area contributed by atoms with Gasteiger partial charge in [0, 0.05) is 29.2 Å². The smallest absolute Gasteiger partial charge is 0.255 e. The second-order valence-corrected chi connectivity index (χ2v) is 7.65. The summed E-state index contributed by atoms with van der Waals surface area (Å²) in [6, 6.07) is 12.3. The molecule has 1 aliphatic rings. The topological polar surface area (TPSA) is 58.6 Å². The molecule has 0 spiro atoms. The number of methoxy groups -OCH3 is 1. The Bertz CT molecular complexity index is 847. The van der Waals surface area contributed by atoms with Gasteiger partial charge in [0.2, 0.25) is 5.91 Å². The molecule has 5 nitrogen and oxygen atoms in total. The monoisotopic (exact) mass is 420 g/mol. The number of amides is 2. The van der Waals surface area contributed by atoms with Crippen LogP contribution in [0.1, 0.15) is 28.8 Å². The highest BCUT2D eigenvalue weighted by Crippen LogP contribution is 2.23. The van der Waals surface area contributed by atoms with E-state index >= 15 is 0 Å². The molecule has 1 fully saturated rings. The van der Waals surface area contributed by atoms with Gasteiger partial charge in [-0.25, -0.2) is 0 Å². The molecule has 1 aliphatic heterocycles. The predicted octanol–water partition coefficient (Wildman–Crippen LogP) is 3.97. The van der Waals surface area contributed by atoms with Crippen LogP contribution in [0.15, 0.2) is 42.5 Å². The number of carbonyl (C=O) groups is 2. The minimum atomic E-state index is -0.217. The Morgan fingerprint density at radius 1 is 1.07 bits per heavy atom. The van der Waals surface area contributed by atoms with Crippen LogP contribution in [0.4, 0.5) is 0 Å². The van der Waals surface area contributed by atoms with Crippen LogP contribution < -0.4 is 10.1 Å². The van der Waals surface area contributed by atoms with Crippen LogP contribution in [0.25, 0.3) is 0 Å². The van der Waals surface area contributed by atoms with E-state index in [1.54, 1.807) is 30.3 Å². The first kappa shape index (κ1) is 20.5. The number of hydrogen-bond donors (Lipinski definition) is 1. The Morgan fingerprint density at radius 3 is 2.36 bits per heavy atom. The van der Waals surface area contributed by atoms with E-state index in [0.717, 1.165) is 5.56 Å². The molecule has 1 saturated heterocycles. The second-order valence-electron chi connectivity index (χ2n) is 6.78. The van der Waals surface area contributed by atoms with Crippen LogP contribution in [0.3, 0.4) is 0 Å². The van der Waals surface area contributed by atoms with Crippen LogP contribution in [-0.4, -0.2) is 43.0 Å². The van der Waals surface area contributed by atoms with Crippen LogP contribution in [-0.2, 0) is 11.2 Å². The molecule has 1 heterocycles. The van der Waals surface area contributed by atoms with Crippen LogP contribution in [0.5, 0.6) is 5.75 Å². The summed E-state index contributed by atoms with van der Waals surface area (Å²) in [5.41, 5.74) is 1.36. The summed E-state index contributed by atoms with van der Waals surface area (Å²) in [6.07, 6.45) is 1.77. The van der Waals surface area contributed by atoms with Crippen molar-refractivity contribution in [3.8, 4) is 5.75 Å². The zero-order valence-electron chi connectivity index (χ0n) is 15.6. The van der Waals surface area contributed by atoms with Gasteiger partial charge in [-0.15, -0.1) is 0 Å². The number of ether oxygens (including phenoxy) is 1. The number of piperidine rings is 1. The molecule has 0 atom stereocenters. The molecule has 0 aromatic heterocycles. The third-order valence-electron chi connectivity index (χ3n) is 4.86. The molecular weight excluding hydrogens is 399 g/mol. The van der Waals surface area contributed by atoms with E-state index in [-0.39, 0.29) is 17.9 Å². The number of benzene rings is 2. The van der Waals surface area contributed by atoms with Crippen LogP contribution in [0, 0.1) is 0 Å². The molecule has 2 aromatic carbocycles. The maximum absolute atomic E-state index is 12.6. The van der Waals surface area contributed by atoms with E-state index in [0.29, 0.717) is 53.7 Å². The van der Waals surface area contributed by atoms with Gasteiger partial charge in [0.15, 0.2) is 0 Å². The molecule has 7 heteroatoms. The van der Waals surface area contributed by atoms with Gasteiger partial charge in [-0.3, -0.25) is 9.59 Å². The Morgan fingerprint density at radius 2 is 1.71 bits per heavy atom. The maximum atomic E-state index is 12.6. The van der Waals surface area contributed by atoms with Crippen molar-refractivity contribution in [2.45, 2.75) is 25.3 Å². The van der Waals surface area contributed by atoms with Gasteiger partial charge in [0.25, 0.3) is 5.91 Å². The predicted molar refractivity (Wildman–Crippen MR) is 110 cm³/mol. The van der Waals surface area contributed by atoms with E-state index in [1.165, 1.54) is 7.11 Å². The molecule has 0 bridgehead atoms. The molecular formula is C21H22Cl2N2O3. The van der Waals surface area contributed by atoms with Crippen molar-refractivity contribution in [1.82, 2.24) is 10.2 Å². The number of rotatable bonds is 5. The van der Waals surface area contributed by atoms with Crippen molar-refractivity contribution in [2.75, 3.05) is 20.2 Å². The largest absolute Gasteiger partial charge is 0.496 e. The van der Waals surface area contributed by atoms with E-state index in [9.17, 15) is 9.59 Å². The summed E-state index contributed by atoms with van der Waals surface area (Å²) in [5.74, 6) is 0.353. The van der Waals surface area contributed by atoms with Gasteiger partial charge in [-0.2, -0.15) is 0 Å². The Hall–Kier alpha value is -2.24. The van der Waals surface area contributed by atoms with Crippen LogP contribution >= 0.6 is 23.2 Å². The summed E-state index contributed by atoms with van der Waals surface area (Å²) in [4.78, 5) is 26.9. The first-order valence-electron chi connectivity index (χ1n) is 9.13. The second kappa shape index (κ2) is 9.30. The normalized spacial score (nSPS) is 14.6. The molecule has 28 heavy (non-hydrogen) atoms. The minimum absolute atomic E-state index is 0.00997. The number of hydrogen-bond acceptors (Lipinski definition) is 3. The summed E-state index contributed by atoms with van der Waals surface area (Å²) >= 11 is 11.9. The van der Waals surface area contributed by atoms with Crippen molar-refractivity contribution < 1.29 is 14.3 Å². The summed E-state index contributed by atoms with van der Waals surface area (Å²) in [7, 11) is 1.52. The van der Waals surface area contributed by atoms with Gasteiger partial charge in [-0.1, -0.05) is 35.3 Å². The quantitative estimate of drug-likeness (QED) is 0.795. The average Bonchev–Trinajstić information content (AvgIpc) is 2.70. The summed E-state index contributed by atoms with van der Waals surface area (Å²) in [5, 5.41) is 4.16. The lowest BCUT2D eigenvalue weighted by Crippen LogP contribution is -2.47. The first-order valence-corrected chi connectivity index (χ1v) is 9.88. The van der Waals surface area contributed by atoms with Crippen molar-refractivity contribution in [2.24, 2.45) is 0 Å². The third kappa shape index (κ3) is 5.18. The number of likely N-dealkylation sites (tertiary alicyclic amines) is 1. The molecule has 2 amide bonds. The first-order chi connectivity index (χ1) is 13.5. The number of nitrogens with one attached hydrogen (secondary N) is 1. The molecule has 2 aromatic rings. The van der Waals surface area contributed by atoms with Crippen molar-refractivity contribution >= 4 is 35.0 Å². The fourth-order valence-corrected chi connectivity index (χ4v) is 3.58. The third-order valence-corrected chi connectivity index (χ3v) is 5.34. The van der Waals surface area contributed by atoms with E-state index in [1.807, 2.05) is 17.0 Å². The Kier molecular flexibility index (Phi) is 6.81. The molecule has 1 N–H and O–H groups in total. The lowest BCUT2D eigenvalue weighted by Gasteiger charge is -2.32. The maximum Gasteiger partial charge on any atom is 0.255 e. The highest BCUT2D eigenvalue weighted by atomic mass is 35.5. The Balaban J connectivity index is 1.52. The van der Waals surface area contributed by atoms with E-state index in [2.05, 4.69) is 5.32 Å². The van der Waals surface area contributed by atoms with Crippen molar-refractivity contribution in [3.05, 3.63) is 63.6 Å². The van der Waals surface area contributed by atoms with Gasteiger partial charge >= 0.3 is 0 Å². The summed E-state index contributed by atoms with van der Waals surface area (Å²) in [6.45, 7) is 1.23. The van der Waals surface area contributed by atoms with Gasteiger partial charge in [-0.05, 0) is 48.7 Å². The number of nitrogens with zero attached hydrogens (tertiary/aromatic N) is 1. The fraction of sp³-hybridized carbons (Fsp3) is 0.333. The number of carbonyl (C=O) groups excluding carboxylic acids is 2. The summed E-state index contributed by atoms with van der Waals surface area (Å²) < 4.78 is 5.24. The lowest BCUT2D eigenvalue weighted by molar-refractivity contribution is -0.131. The molecule has 0 radical (unpaired) electrons. The number of halogens is 2. The SMILES string of the molecule is COc1ccc(Cl)cc1C(=O)NC1CCN(C(=O)Cc2ccc(Cl)cc2)CC1. The highest BCUT2D eigenvalue weighted by molar-refractivity contribution is 6.31.